The second kappa shape index (κ2) is 7.60. The van der Waals surface area contributed by atoms with Crippen molar-refractivity contribution in [3.63, 3.8) is 0 Å². The fourth-order valence-corrected chi connectivity index (χ4v) is 3.80. The zero-order chi connectivity index (χ0) is 20.5. The van der Waals surface area contributed by atoms with Crippen LogP contribution in [0.5, 0.6) is 0 Å². The van der Waals surface area contributed by atoms with Gasteiger partial charge >= 0.3 is 0 Å². The van der Waals surface area contributed by atoms with Crippen molar-refractivity contribution in [1.29, 1.82) is 0 Å². The number of nitrogens with two attached hydrogens (primary N) is 1. The minimum Gasteiger partial charge on any atom is -0.368 e. The van der Waals surface area contributed by atoms with Crippen molar-refractivity contribution in [2.45, 2.75) is 19.9 Å². The van der Waals surface area contributed by atoms with Gasteiger partial charge in [0.15, 0.2) is 5.82 Å². The minimum absolute atomic E-state index is 0.118. The zero-order valence-corrected chi connectivity index (χ0v) is 17.1. The van der Waals surface area contributed by atoms with Crippen molar-refractivity contribution in [3.05, 3.63) is 88.7 Å². The molecule has 2 aromatic carbocycles. The van der Waals surface area contributed by atoms with E-state index in [1.54, 1.807) is 0 Å². The van der Waals surface area contributed by atoms with Gasteiger partial charge in [-0.2, -0.15) is 4.98 Å². The summed E-state index contributed by atoms with van der Waals surface area (Å²) in [5, 5.41) is 3.79. The van der Waals surface area contributed by atoms with E-state index in [4.69, 9.17) is 17.3 Å². The second-order valence-corrected chi connectivity index (χ2v) is 7.42. The normalized spacial score (nSPS) is 14.2. The Bertz CT molecular complexity index is 1110. The van der Waals surface area contributed by atoms with E-state index >= 15 is 0 Å². The van der Waals surface area contributed by atoms with Gasteiger partial charge in [-0.15, -0.1) is 0 Å². The Kier molecular flexibility index (Phi) is 4.99. The molecule has 0 unspecified atom stereocenters. The number of nitrogens with one attached hydrogen (secondary N) is 1. The largest absolute Gasteiger partial charge is 0.368 e. The molecular weight excluding hydrogens is 382 g/mol. The van der Waals surface area contributed by atoms with Crippen molar-refractivity contribution in [1.82, 2.24) is 9.97 Å². The van der Waals surface area contributed by atoms with Crippen LogP contribution in [0, 0.1) is 6.92 Å². The average Bonchev–Trinajstić information content (AvgIpc) is 2.71. The SMILES string of the molecule is C=C1c2c(C)cccc2C=C([C@H](C)Nc2nc(N)ncc2Cl)N1c1ccccc1. The summed E-state index contributed by atoms with van der Waals surface area (Å²) in [4.78, 5) is 10.3. The number of benzene rings is 2. The average molecular weight is 404 g/mol. The summed E-state index contributed by atoms with van der Waals surface area (Å²) in [6, 6.07) is 16.4. The van der Waals surface area contributed by atoms with E-state index in [0.29, 0.717) is 10.8 Å². The van der Waals surface area contributed by atoms with Crippen LogP contribution >= 0.6 is 11.6 Å². The Hall–Kier alpha value is -3.31. The molecule has 0 radical (unpaired) electrons. The van der Waals surface area contributed by atoms with E-state index in [9.17, 15) is 0 Å². The number of hydrogen-bond donors (Lipinski definition) is 2. The van der Waals surface area contributed by atoms with Crippen molar-refractivity contribution in [3.8, 4) is 0 Å². The number of para-hydroxylation sites is 1. The molecule has 4 rings (SSSR count). The fraction of sp³-hybridized carbons (Fsp3) is 0.130. The lowest BCUT2D eigenvalue weighted by Crippen LogP contribution is -2.34. The first-order valence-electron chi connectivity index (χ1n) is 9.36. The minimum atomic E-state index is -0.118. The monoisotopic (exact) mass is 403 g/mol. The molecule has 6 heteroatoms. The lowest BCUT2D eigenvalue weighted by molar-refractivity contribution is 0.881. The van der Waals surface area contributed by atoms with Gasteiger partial charge in [-0.05, 0) is 43.2 Å². The first-order valence-corrected chi connectivity index (χ1v) is 9.73. The number of anilines is 3. The van der Waals surface area contributed by atoms with Gasteiger partial charge in [0.1, 0.15) is 5.02 Å². The molecule has 3 aromatic rings. The molecule has 1 aliphatic heterocycles. The van der Waals surface area contributed by atoms with Crippen LogP contribution in [0.1, 0.15) is 23.6 Å². The fourth-order valence-electron chi connectivity index (χ4n) is 3.66. The third kappa shape index (κ3) is 3.57. The maximum atomic E-state index is 6.27. The molecule has 5 nitrogen and oxygen atoms in total. The van der Waals surface area contributed by atoms with Gasteiger partial charge in [0.25, 0.3) is 0 Å². The van der Waals surface area contributed by atoms with Gasteiger partial charge in [-0.25, -0.2) is 4.98 Å². The number of nitrogens with zero attached hydrogens (tertiary/aromatic N) is 3. The number of aromatic nitrogens is 2. The van der Waals surface area contributed by atoms with Crippen LogP contribution < -0.4 is 16.0 Å². The Morgan fingerprint density at radius 2 is 1.90 bits per heavy atom. The van der Waals surface area contributed by atoms with Crippen molar-refractivity contribution in [2.24, 2.45) is 0 Å². The molecule has 29 heavy (non-hydrogen) atoms. The van der Waals surface area contributed by atoms with Gasteiger partial charge < -0.3 is 16.0 Å². The van der Waals surface area contributed by atoms with Gasteiger partial charge in [-0.1, -0.05) is 54.6 Å². The highest BCUT2D eigenvalue weighted by Gasteiger charge is 2.28. The molecule has 0 fully saturated rings. The summed E-state index contributed by atoms with van der Waals surface area (Å²) < 4.78 is 0. The zero-order valence-electron chi connectivity index (χ0n) is 16.4. The molecule has 3 N–H and O–H groups in total. The van der Waals surface area contributed by atoms with Crippen LogP contribution in [0.15, 0.2) is 67.0 Å². The molecule has 0 spiro atoms. The maximum absolute atomic E-state index is 6.27. The lowest BCUT2D eigenvalue weighted by Gasteiger charge is -2.37. The Labute approximate surface area is 175 Å². The van der Waals surface area contributed by atoms with Crippen LogP contribution in [0.3, 0.4) is 0 Å². The highest BCUT2D eigenvalue weighted by Crippen LogP contribution is 2.39. The molecule has 0 amide bonds. The van der Waals surface area contributed by atoms with E-state index in [-0.39, 0.29) is 12.0 Å². The number of rotatable bonds is 4. The molecular formula is C23H22ClN5. The molecule has 0 bridgehead atoms. The molecule has 0 saturated heterocycles. The standard InChI is InChI=1S/C23H22ClN5/c1-14-8-7-9-17-12-20(15(2)27-22-19(24)13-26-23(25)28-22)29(16(3)21(14)17)18-10-5-4-6-11-18/h4-13,15H,3H2,1-2H3,(H3,25,26,27,28)/t15-/m0/s1. The predicted molar refractivity (Wildman–Crippen MR) is 122 cm³/mol. The van der Waals surface area contributed by atoms with Crippen LogP contribution in [0.25, 0.3) is 11.8 Å². The summed E-state index contributed by atoms with van der Waals surface area (Å²) in [5.41, 5.74) is 12.2. The summed E-state index contributed by atoms with van der Waals surface area (Å²) >= 11 is 6.27. The predicted octanol–water partition coefficient (Wildman–Crippen LogP) is 5.35. The number of nitrogen functional groups attached to an aromatic ring is 1. The van der Waals surface area contributed by atoms with Gasteiger partial charge in [0.2, 0.25) is 5.95 Å². The summed E-state index contributed by atoms with van der Waals surface area (Å²) in [6.07, 6.45) is 3.68. The van der Waals surface area contributed by atoms with Gasteiger partial charge in [0.05, 0.1) is 12.2 Å². The third-order valence-corrected chi connectivity index (χ3v) is 5.28. The third-order valence-electron chi connectivity index (χ3n) is 5.00. The summed E-state index contributed by atoms with van der Waals surface area (Å²) in [6.45, 7) is 8.60. The highest BCUT2D eigenvalue weighted by molar-refractivity contribution is 6.32. The second-order valence-electron chi connectivity index (χ2n) is 7.02. The summed E-state index contributed by atoms with van der Waals surface area (Å²) in [5.74, 6) is 0.674. The van der Waals surface area contributed by atoms with E-state index < -0.39 is 0 Å². The first-order chi connectivity index (χ1) is 14.0. The van der Waals surface area contributed by atoms with E-state index in [1.165, 1.54) is 11.8 Å². The number of halogens is 1. The van der Waals surface area contributed by atoms with Crippen molar-refractivity contribution in [2.75, 3.05) is 16.0 Å². The number of fused-ring (bicyclic) bond motifs is 1. The van der Waals surface area contributed by atoms with Crippen LogP contribution in [-0.4, -0.2) is 16.0 Å². The van der Waals surface area contributed by atoms with Crippen LogP contribution in [-0.2, 0) is 0 Å². The van der Waals surface area contributed by atoms with Crippen LogP contribution in [0.2, 0.25) is 5.02 Å². The first kappa shape index (κ1) is 19.0. The van der Waals surface area contributed by atoms with E-state index in [2.05, 4.69) is 77.0 Å². The molecule has 0 saturated carbocycles. The molecule has 1 aliphatic rings. The molecule has 1 aromatic heterocycles. The number of hydrogen-bond acceptors (Lipinski definition) is 5. The van der Waals surface area contributed by atoms with Crippen molar-refractivity contribution < 1.29 is 0 Å². The molecule has 146 valence electrons. The Morgan fingerprint density at radius 1 is 1.14 bits per heavy atom. The highest BCUT2D eigenvalue weighted by atomic mass is 35.5. The van der Waals surface area contributed by atoms with Crippen LogP contribution in [0.4, 0.5) is 17.5 Å². The smallest absolute Gasteiger partial charge is 0.222 e. The van der Waals surface area contributed by atoms with Crippen molar-refractivity contribution >= 4 is 40.8 Å². The van der Waals surface area contributed by atoms with Gasteiger partial charge in [-0.3, -0.25) is 0 Å². The maximum Gasteiger partial charge on any atom is 0.222 e. The number of aryl methyl sites for hydroxylation is 1. The molecule has 1 atom stereocenters. The van der Waals surface area contributed by atoms with Gasteiger partial charge in [0, 0.05) is 22.6 Å². The van der Waals surface area contributed by atoms with E-state index in [0.717, 1.165) is 28.2 Å². The molecule has 0 aliphatic carbocycles. The Morgan fingerprint density at radius 3 is 2.66 bits per heavy atom. The quantitative estimate of drug-likeness (QED) is 0.614. The summed E-state index contributed by atoms with van der Waals surface area (Å²) in [7, 11) is 0. The Balaban J connectivity index is 1.81. The lowest BCUT2D eigenvalue weighted by atomic mass is 9.92. The van der Waals surface area contributed by atoms with E-state index in [1.807, 2.05) is 18.2 Å². The topological polar surface area (TPSA) is 67.1 Å². The molecule has 2 heterocycles.